The number of halogens is 1. The van der Waals surface area contributed by atoms with Crippen molar-refractivity contribution in [1.82, 2.24) is 39.9 Å². The number of hydrogen-bond donors (Lipinski definition) is 1. The molecule has 0 radical (unpaired) electrons. The van der Waals surface area contributed by atoms with E-state index in [1.54, 1.807) is 11.1 Å². The molecule has 2 saturated heterocycles. The summed E-state index contributed by atoms with van der Waals surface area (Å²) in [5.74, 6) is -1.77. The largest absolute Gasteiger partial charge is 0.357 e. The molecule has 3 aromatic heterocycles. The summed E-state index contributed by atoms with van der Waals surface area (Å²) >= 11 is 0. The Morgan fingerprint density at radius 2 is 1.86 bits per heavy atom. The van der Waals surface area contributed by atoms with E-state index in [1.807, 2.05) is 18.2 Å². The molecule has 11 heteroatoms. The van der Waals surface area contributed by atoms with Crippen LogP contribution in [0.4, 0.5) is 4.39 Å². The predicted molar refractivity (Wildman–Crippen MR) is 124 cm³/mol. The highest BCUT2D eigenvalue weighted by Crippen LogP contribution is 2.35. The van der Waals surface area contributed by atoms with Crippen LogP contribution >= 0.6 is 0 Å². The molecule has 2 fully saturated rings. The van der Waals surface area contributed by atoms with Crippen molar-refractivity contribution >= 4 is 22.6 Å². The quantitative estimate of drug-likeness (QED) is 0.348. The topological polar surface area (TPSA) is 103 Å². The van der Waals surface area contributed by atoms with E-state index in [4.69, 9.17) is 0 Å². The standard InChI is InChI=1S/C24H23FN8O2/c25-18-15-27-23(32-9-7-28-29-32)21-20(18)17(14-26-21)22(34)24(35)30-10-12-31(13-11-30)33-8-6-19(33)16-4-2-1-3-5-16/h1-5,7,9,14-15,19,26H,6,8,10-13H2. The van der Waals surface area contributed by atoms with Gasteiger partial charge in [0.1, 0.15) is 0 Å². The lowest BCUT2D eigenvalue weighted by Crippen LogP contribution is -2.60. The van der Waals surface area contributed by atoms with Gasteiger partial charge in [-0.3, -0.25) is 9.59 Å². The first-order valence-corrected chi connectivity index (χ1v) is 11.5. The number of carbonyl (C=O) groups excluding carboxylic acids is 2. The first kappa shape index (κ1) is 21.6. The molecule has 0 saturated carbocycles. The summed E-state index contributed by atoms with van der Waals surface area (Å²) in [4.78, 5) is 34.7. The molecule has 178 valence electrons. The predicted octanol–water partition coefficient (Wildman–Crippen LogP) is 1.97. The number of ketones is 1. The van der Waals surface area contributed by atoms with Crippen LogP contribution in [-0.2, 0) is 4.79 Å². The lowest BCUT2D eigenvalue weighted by molar-refractivity contribution is -0.149. The van der Waals surface area contributed by atoms with Gasteiger partial charge in [0.2, 0.25) is 0 Å². The first-order valence-electron chi connectivity index (χ1n) is 11.5. The Bertz CT molecular complexity index is 1380. The van der Waals surface area contributed by atoms with Crippen LogP contribution in [0.25, 0.3) is 16.7 Å². The number of rotatable bonds is 5. The molecule has 6 rings (SSSR count). The minimum atomic E-state index is -0.745. The second-order valence-electron chi connectivity index (χ2n) is 8.68. The monoisotopic (exact) mass is 474 g/mol. The lowest BCUT2D eigenvalue weighted by atomic mass is 9.96. The molecule has 1 unspecified atom stereocenters. The van der Waals surface area contributed by atoms with Gasteiger partial charge in [0.25, 0.3) is 11.7 Å². The maximum absolute atomic E-state index is 14.7. The highest BCUT2D eigenvalue weighted by molar-refractivity contribution is 6.45. The second-order valence-corrected chi connectivity index (χ2v) is 8.68. The number of nitrogens with one attached hydrogen (secondary N) is 1. The zero-order valence-electron chi connectivity index (χ0n) is 18.8. The summed E-state index contributed by atoms with van der Waals surface area (Å²) in [6.07, 6.45) is 6.50. The van der Waals surface area contributed by atoms with Crippen molar-refractivity contribution in [3.8, 4) is 5.82 Å². The van der Waals surface area contributed by atoms with E-state index < -0.39 is 17.5 Å². The number of benzene rings is 1. The van der Waals surface area contributed by atoms with Gasteiger partial charge in [0.05, 0.1) is 41.1 Å². The van der Waals surface area contributed by atoms with Crippen LogP contribution in [-0.4, -0.2) is 84.3 Å². The Hall–Kier alpha value is -3.96. The van der Waals surface area contributed by atoms with E-state index in [0.29, 0.717) is 38.0 Å². The maximum Gasteiger partial charge on any atom is 0.295 e. The fourth-order valence-electron chi connectivity index (χ4n) is 4.91. The Morgan fingerprint density at radius 3 is 2.54 bits per heavy atom. The molecule has 0 bridgehead atoms. The third-order valence-electron chi connectivity index (χ3n) is 6.80. The van der Waals surface area contributed by atoms with Crippen molar-refractivity contribution in [2.24, 2.45) is 0 Å². The summed E-state index contributed by atoms with van der Waals surface area (Å²) < 4.78 is 16.1. The second kappa shape index (κ2) is 8.67. The van der Waals surface area contributed by atoms with Crippen LogP contribution in [0.5, 0.6) is 0 Å². The first-order chi connectivity index (χ1) is 17.1. The third kappa shape index (κ3) is 3.69. The van der Waals surface area contributed by atoms with Gasteiger partial charge in [-0.1, -0.05) is 35.5 Å². The van der Waals surface area contributed by atoms with Crippen molar-refractivity contribution in [2.75, 3.05) is 32.7 Å². The summed E-state index contributed by atoms with van der Waals surface area (Å²) in [6, 6.07) is 10.7. The van der Waals surface area contributed by atoms with Crippen molar-refractivity contribution in [1.29, 1.82) is 0 Å². The number of hydrogen-bond acceptors (Lipinski definition) is 7. The molecule has 4 aromatic rings. The Morgan fingerprint density at radius 1 is 1.06 bits per heavy atom. The SMILES string of the molecule is O=C(C(=O)N1CCN(N2CCC2c2ccccc2)CC1)c1c[nH]c2c(-n3ccnn3)ncc(F)c12. The number of nitrogens with zero attached hydrogens (tertiary/aromatic N) is 7. The number of Topliss-reactive ketones (excluding diaryl/α,β-unsaturated/α-hetero) is 1. The number of fused-ring (bicyclic) bond motifs is 1. The Balaban J connectivity index is 1.16. The van der Waals surface area contributed by atoms with Gasteiger partial charge in [-0.05, 0) is 12.0 Å². The molecular weight excluding hydrogens is 451 g/mol. The minimum absolute atomic E-state index is 0.0134. The molecule has 35 heavy (non-hydrogen) atoms. The lowest BCUT2D eigenvalue weighted by Gasteiger charge is -2.50. The molecule has 2 aliphatic heterocycles. The van der Waals surface area contributed by atoms with E-state index >= 15 is 0 Å². The van der Waals surface area contributed by atoms with Crippen LogP contribution in [0.1, 0.15) is 28.4 Å². The number of H-pyrrole nitrogens is 1. The third-order valence-corrected chi connectivity index (χ3v) is 6.80. The maximum atomic E-state index is 14.7. The number of pyridine rings is 1. The number of aromatic nitrogens is 5. The summed E-state index contributed by atoms with van der Waals surface area (Å²) in [7, 11) is 0. The molecule has 5 heterocycles. The van der Waals surface area contributed by atoms with E-state index in [2.05, 4.69) is 42.4 Å². The highest BCUT2D eigenvalue weighted by Gasteiger charge is 2.37. The average Bonchev–Trinajstić information content (AvgIpc) is 3.55. The number of hydrazine groups is 1. The van der Waals surface area contributed by atoms with E-state index in [-0.39, 0.29) is 16.5 Å². The Kier molecular flexibility index (Phi) is 5.34. The molecule has 2 aliphatic rings. The number of aromatic amines is 1. The fourth-order valence-corrected chi connectivity index (χ4v) is 4.91. The van der Waals surface area contributed by atoms with E-state index in [1.165, 1.54) is 22.6 Å². The molecular formula is C24H23FN8O2. The minimum Gasteiger partial charge on any atom is -0.357 e. The zero-order valence-corrected chi connectivity index (χ0v) is 18.8. The summed E-state index contributed by atoms with van der Waals surface area (Å²) in [5.41, 5.74) is 1.55. The number of amides is 1. The molecule has 1 atom stereocenters. The van der Waals surface area contributed by atoms with Crippen LogP contribution in [0.15, 0.2) is 55.1 Å². The molecule has 1 amide bonds. The van der Waals surface area contributed by atoms with Gasteiger partial charge in [0, 0.05) is 38.9 Å². The molecule has 1 aromatic carbocycles. The number of carbonyl (C=O) groups is 2. The van der Waals surface area contributed by atoms with Gasteiger partial charge in [0.15, 0.2) is 11.6 Å². The van der Waals surface area contributed by atoms with Crippen molar-refractivity contribution < 1.29 is 14.0 Å². The Labute approximate surface area is 199 Å². The van der Waals surface area contributed by atoms with Crippen molar-refractivity contribution in [3.63, 3.8) is 0 Å². The van der Waals surface area contributed by atoms with Crippen LogP contribution in [0, 0.1) is 5.82 Å². The van der Waals surface area contributed by atoms with Gasteiger partial charge >= 0.3 is 0 Å². The fraction of sp³-hybridized carbons (Fsp3) is 0.292. The van der Waals surface area contributed by atoms with Gasteiger partial charge in [-0.25, -0.2) is 24.1 Å². The smallest absolute Gasteiger partial charge is 0.295 e. The molecule has 1 N–H and O–H groups in total. The molecule has 0 aliphatic carbocycles. The van der Waals surface area contributed by atoms with Gasteiger partial charge in [-0.2, -0.15) is 0 Å². The molecule has 0 spiro atoms. The van der Waals surface area contributed by atoms with Crippen molar-refractivity contribution in [3.05, 3.63) is 72.1 Å². The van der Waals surface area contributed by atoms with Crippen LogP contribution in [0.3, 0.4) is 0 Å². The van der Waals surface area contributed by atoms with Crippen molar-refractivity contribution in [2.45, 2.75) is 12.5 Å². The summed E-state index contributed by atoms with van der Waals surface area (Å²) in [5, 5.41) is 12.2. The highest BCUT2D eigenvalue weighted by atomic mass is 19.1. The van der Waals surface area contributed by atoms with E-state index in [9.17, 15) is 14.0 Å². The van der Waals surface area contributed by atoms with Gasteiger partial charge in [-0.15, -0.1) is 5.10 Å². The summed E-state index contributed by atoms with van der Waals surface area (Å²) in [6.45, 7) is 3.12. The average molecular weight is 475 g/mol. The normalized spacial score (nSPS) is 19.1. The number of piperazine rings is 1. The zero-order chi connectivity index (χ0) is 23.9. The van der Waals surface area contributed by atoms with Crippen LogP contribution < -0.4 is 0 Å². The van der Waals surface area contributed by atoms with Crippen LogP contribution in [0.2, 0.25) is 0 Å². The van der Waals surface area contributed by atoms with Gasteiger partial charge < -0.3 is 9.88 Å². The molecule has 10 nitrogen and oxygen atoms in total. The van der Waals surface area contributed by atoms with E-state index in [0.717, 1.165) is 19.2 Å².